The maximum Gasteiger partial charge on any atom is 0.420 e. The van der Waals surface area contributed by atoms with Gasteiger partial charge in [-0.05, 0) is 72.8 Å². The largest absolute Gasteiger partial charge is 0.420 e. The highest BCUT2D eigenvalue weighted by atomic mass is 32.2. The lowest BCUT2D eigenvalue weighted by Gasteiger charge is -2.08. The average molecular weight is 376 g/mol. The topological polar surface area (TPSA) is 47.2 Å². The van der Waals surface area contributed by atoms with Crippen molar-refractivity contribution < 1.29 is 4.42 Å². The molecule has 1 heterocycles. The molecule has 0 fully saturated rings. The van der Waals surface area contributed by atoms with Gasteiger partial charge in [-0.15, -0.1) is 0 Å². The second kappa shape index (κ2) is 7.37. The van der Waals surface area contributed by atoms with Crippen LogP contribution in [0.25, 0.3) is 11.1 Å². The number of fused-ring (bicyclic) bond motifs is 1. The Hall–Kier alpha value is -2.92. The van der Waals surface area contributed by atoms with E-state index in [-0.39, 0.29) is 5.76 Å². The summed E-state index contributed by atoms with van der Waals surface area (Å²) in [6.07, 6.45) is 0. The number of aryl methyl sites for hydroxylation is 2. The van der Waals surface area contributed by atoms with Crippen LogP contribution in [-0.4, -0.2) is 4.57 Å². The van der Waals surface area contributed by atoms with Crippen molar-refractivity contribution in [3.63, 3.8) is 0 Å². The molecule has 0 aliphatic rings. The monoisotopic (exact) mass is 376 g/mol. The van der Waals surface area contributed by atoms with E-state index >= 15 is 0 Å². The standard InChI is InChI=1S/C22H20N2O2S/c1-15-10-16(2)12-18(11-15)23-27-19-8-9-20-21(13-19)26-22(25)24(20)14-17-6-4-3-5-7-17/h3-13,23H,14H2,1-2H3. The van der Waals surface area contributed by atoms with Crippen LogP contribution in [0, 0.1) is 13.8 Å². The van der Waals surface area contributed by atoms with E-state index in [0.717, 1.165) is 21.7 Å². The van der Waals surface area contributed by atoms with E-state index in [1.165, 1.54) is 23.1 Å². The molecule has 0 saturated heterocycles. The van der Waals surface area contributed by atoms with Gasteiger partial charge in [0, 0.05) is 10.6 Å². The van der Waals surface area contributed by atoms with Crippen molar-refractivity contribution in [3.05, 3.63) is 94.0 Å². The molecule has 5 heteroatoms. The molecule has 0 aliphatic heterocycles. The van der Waals surface area contributed by atoms with Crippen LogP contribution in [0.2, 0.25) is 0 Å². The lowest BCUT2D eigenvalue weighted by molar-refractivity contribution is 0.517. The first kappa shape index (κ1) is 17.5. The summed E-state index contributed by atoms with van der Waals surface area (Å²) in [6, 6.07) is 22.1. The zero-order chi connectivity index (χ0) is 18.8. The summed E-state index contributed by atoms with van der Waals surface area (Å²) >= 11 is 1.50. The quantitative estimate of drug-likeness (QED) is 0.475. The van der Waals surface area contributed by atoms with Crippen molar-refractivity contribution in [2.24, 2.45) is 0 Å². The maximum absolute atomic E-state index is 12.3. The molecule has 0 saturated carbocycles. The summed E-state index contributed by atoms with van der Waals surface area (Å²) in [5, 5.41) is 0. The number of rotatable bonds is 5. The number of oxazole rings is 1. The van der Waals surface area contributed by atoms with Gasteiger partial charge in [-0.1, -0.05) is 36.4 Å². The molecular formula is C22H20N2O2S. The predicted molar refractivity (Wildman–Crippen MR) is 111 cm³/mol. The predicted octanol–water partition coefficient (Wildman–Crippen LogP) is 5.38. The van der Waals surface area contributed by atoms with Crippen molar-refractivity contribution in [2.45, 2.75) is 25.3 Å². The van der Waals surface area contributed by atoms with E-state index < -0.39 is 0 Å². The minimum Gasteiger partial charge on any atom is -0.408 e. The van der Waals surface area contributed by atoms with Crippen molar-refractivity contribution in [2.75, 3.05) is 4.72 Å². The van der Waals surface area contributed by atoms with Gasteiger partial charge in [0.25, 0.3) is 0 Å². The van der Waals surface area contributed by atoms with Crippen LogP contribution < -0.4 is 10.5 Å². The Labute approximate surface area is 162 Å². The first-order valence-electron chi connectivity index (χ1n) is 8.77. The van der Waals surface area contributed by atoms with Gasteiger partial charge in [-0.2, -0.15) is 0 Å². The number of hydrogen-bond acceptors (Lipinski definition) is 4. The highest BCUT2D eigenvalue weighted by Gasteiger charge is 2.11. The number of nitrogens with one attached hydrogen (secondary N) is 1. The Morgan fingerprint density at radius 2 is 1.70 bits per heavy atom. The van der Waals surface area contributed by atoms with E-state index in [2.05, 4.69) is 36.8 Å². The lowest BCUT2D eigenvalue weighted by Crippen LogP contribution is -2.14. The molecule has 1 aromatic heterocycles. The molecule has 0 spiro atoms. The van der Waals surface area contributed by atoms with Crippen LogP contribution in [0.1, 0.15) is 16.7 Å². The van der Waals surface area contributed by atoms with Crippen molar-refractivity contribution in [1.82, 2.24) is 4.57 Å². The van der Waals surface area contributed by atoms with E-state index in [1.54, 1.807) is 4.57 Å². The van der Waals surface area contributed by atoms with E-state index in [1.807, 2.05) is 48.5 Å². The van der Waals surface area contributed by atoms with Crippen LogP contribution in [0.4, 0.5) is 5.69 Å². The van der Waals surface area contributed by atoms with Crippen LogP contribution >= 0.6 is 11.9 Å². The minimum atomic E-state index is -0.335. The highest BCUT2D eigenvalue weighted by Crippen LogP contribution is 2.26. The Morgan fingerprint density at radius 1 is 0.963 bits per heavy atom. The zero-order valence-electron chi connectivity index (χ0n) is 15.2. The molecule has 1 N–H and O–H groups in total. The second-order valence-corrected chi connectivity index (χ2v) is 7.53. The smallest absolute Gasteiger partial charge is 0.408 e. The van der Waals surface area contributed by atoms with Crippen LogP contribution in [-0.2, 0) is 6.54 Å². The number of anilines is 1. The summed E-state index contributed by atoms with van der Waals surface area (Å²) in [6.45, 7) is 4.66. The molecule has 0 bridgehead atoms. The molecule has 0 unspecified atom stereocenters. The number of benzene rings is 3. The van der Waals surface area contributed by atoms with Gasteiger partial charge < -0.3 is 9.14 Å². The van der Waals surface area contributed by atoms with E-state index in [4.69, 9.17) is 4.42 Å². The lowest BCUT2D eigenvalue weighted by atomic mass is 10.1. The molecule has 0 aliphatic carbocycles. The first-order valence-corrected chi connectivity index (χ1v) is 9.58. The van der Waals surface area contributed by atoms with E-state index in [9.17, 15) is 4.79 Å². The minimum absolute atomic E-state index is 0.335. The third-order valence-corrected chi connectivity index (χ3v) is 5.16. The number of aromatic nitrogens is 1. The van der Waals surface area contributed by atoms with Crippen molar-refractivity contribution in [3.8, 4) is 0 Å². The van der Waals surface area contributed by atoms with Gasteiger partial charge in [-0.3, -0.25) is 4.57 Å². The van der Waals surface area contributed by atoms with Gasteiger partial charge in [0.1, 0.15) is 0 Å². The molecule has 0 radical (unpaired) electrons. The molecule has 136 valence electrons. The fourth-order valence-electron chi connectivity index (χ4n) is 3.18. The first-order chi connectivity index (χ1) is 13.1. The number of hydrogen-bond donors (Lipinski definition) is 1. The Morgan fingerprint density at radius 3 is 2.44 bits per heavy atom. The second-order valence-electron chi connectivity index (χ2n) is 6.65. The molecule has 27 heavy (non-hydrogen) atoms. The SMILES string of the molecule is Cc1cc(C)cc(NSc2ccc3c(c2)oc(=O)n3Cc2ccccc2)c1. The molecule has 4 rings (SSSR count). The Kier molecular flexibility index (Phi) is 4.77. The van der Waals surface area contributed by atoms with Crippen molar-refractivity contribution >= 4 is 28.7 Å². The van der Waals surface area contributed by atoms with Gasteiger partial charge in [0.2, 0.25) is 0 Å². The van der Waals surface area contributed by atoms with E-state index in [0.29, 0.717) is 12.1 Å². The summed E-state index contributed by atoms with van der Waals surface area (Å²) < 4.78 is 10.5. The Balaban J connectivity index is 1.57. The molecule has 3 aromatic carbocycles. The third-order valence-electron chi connectivity index (χ3n) is 4.33. The number of nitrogens with zero attached hydrogens (tertiary/aromatic N) is 1. The normalized spacial score (nSPS) is 11.0. The fourth-order valence-corrected chi connectivity index (χ4v) is 3.83. The third kappa shape index (κ3) is 3.93. The maximum atomic E-state index is 12.3. The molecule has 0 atom stereocenters. The Bertz CT molecular complexity index is 1130. The van der Waals surface area contributed by atoms with Gasteiger partial charge >= 0.3 is 5.76 Å². The van der Waals surface area contributed by atoms with Crippen molar-refractivity contribution in [1.29, 1.82) is 0 Å². The highest BCUT2D eigenvalue weighted by molar-refractivity contribution is 8.00. The van der Waals surface area contributed by atoms with Crippen LogP contribution in [0.3, 0.4) is 0 Å². The summed E-state index contributed by atoms with van der Waals surface area (Å²) in [4.78, 5) is 13.3. The van der Waals surface area contributed by atoms with Crippen LogP contribution in [0.5, 0.6) is 0 Å². The van der Waals surface area contributed by atoms with Crippen LogP contribution in [0.15, 0.2) is 80.8 Å². The fraction of sp³-hybridized carbons (Fsp3) is 0.136. The zero-order valence-corrected chi connectivity index (χ0v) is 16.0. The molecule has 4 nitrogen and oxygen atoms in total. The molecular weight excluding hydrogens is 356 g/mol. The van der Waals surface area contributed by atoms with Gasteiger partial charge in [-0.25, -0.2) is 4.79 Å². The summed E-state index contributed by atoms with van der Waals surface area (Å²) in [5.41, 5.74) is 5.97. The molecule has 4 aromatic rings. The van der Waals surface area contributed by atoms with Gasteiger partial charge in [0.15, 0.2) is 5.58 Å². The average Bonchev–Trinajstić information content (AvgIpc) is 2.95. The molecule has 0 amide bonds. The van der Waals surface area contributed by atoms with Gasteiger partial charge in [0.05, 0.1) is 12.1 Å². The summed E-state index contributed by atoms with van der Waals surface area (Å²) in [7, 11) is 0. The summed E-state index contributed by atoms with van der Waals surface area (Å²) in [5.74, 6) is -0.335.